The molecule has 4 rings (SSSR count). The molecule has 0 aromatic carbocycles. The molecule has 0 aliphatic heterocycles. The molecule has 0 heterocycles. The topological polar surface area (TPSA) is 40.5 Å². The van der Waals surface area contributed by atoms with Gasteiger partial charge in [0, 0.05) is 0 Å². The minimum absolute atomic E-state index is 0.0925. The van der Waals surface area contributed by atoms with Crippen LogP contribution in [0.2, 0.25) is 0 Å². The average Bonchev–Trinajstić information content (AvgIpc) is 2.69. The zero-order valence-corrected chi connectivity index (χ0v) is 13.5. The molecule has 0 spiro atoms. The molecule has 0 amide bonds. The number of allylic oxidation sites excluding steroid dienone is 1. The van der Waals surface area contributed by atoms with Gasteiger partial charge in [-0.3, -0.25) is 0 Å². The second-order valence-corrected chi connectivity index (χ2v) is 8.76. The van der Waals surface area contributed by atoms with Crippen molar-refractivity contribution in [3.8, 4) is 0 Å². The van der Waals surface area contributed by atoms with Crippen molar-refractivity contribution < 1.29 is 10.2 Å². The van der Waals surface area contributed by atoms with E-state index < -0.39 is 5.60 Å². The second-order valence-electron chi connectivity index (χ2n) is 8.76. The number of rotatable bonds is 0. The normalized spacial score (nSPS) is 56.2. The van der Waals surface area contributed by atoms with Crippen molar-refractivity contribution in [3.05, 3.63) is 11.6 Å². The number of aliphatic hydroxyl groups is 2. The third kappa shape index (κ3) is 1.91. The molecule has 2 nitrogen and oxygen atoms in total. The predicted molar refractivity (Wildman–Crippen MR) is 83.7 cm³/mol. The largest absolute Gasteiger partial charge is 0.393 e. The van der Waals surface area contributed by atoms with Gasteiger partial charge in [0.2, 0.25) is 0 Å². The quantitative estimate of drug-likeness (QED) is 0.668. The molecule has 0 radical (unpaired) electrons. The Bertz CT molecular complexity index is 466. The molecular weight excluding hydrogens is 260 g/mol. The summed E-state index contributed by atoms with van der Waals surface area (Å²) in [6, 6.07) is 0. The molecule has 0 aromatic rings. The van der Waals surface area contributed by atoms with Crippen molar-refractivity contribution in [3.63, 3.8) is 0 Å². The fourth-order valence-corrected chi connectivity index (χ4v) is 6.49. The standard InChI is InChI=1S/C19H30O2/c1-18-9-7-15-14-6-4-13(20)11-12(14)3-5-16(15)17(18)8-10-19(18,2)21/h3,13-17,20-21H,4-11H2,1-2H3/t13-,14-,15+,16+,17-,18-,19-/m1/s1. The second kappa shape index (κ2) is 4.58. The van der Waals surface area contributed by atoms with Gasteiger partial charge in [-0.15, -0.1) is 0 Å². The van der Waals surface area contributed by atoms with Crippen LogP contribution in [0.25, 0.3) is 0 Å². The van der Waals surface area contributed by atoms with E-state index in [1.54, 1.807) is 5.57 Å². The number of hydrogen-bond acceptors (Lipinski definition) is 2. The highest BCUT2D eigenvalue weighted by Crippen LogP contribution is 2.64. The van der Waals surface area contributed by atoms with E-state index >= 15 is 0 Å². The maximum atomic E-state index is 10.9. The van der Waals surface area contributed by atoms with Gasteiger partial charge in [-0.1, -0.05) is 18.6 Å². The van der Waals surface area contributed by atoms with E-state index in [1.807, 2.05) is 0 Å². The molecule has 2 N–H and O–H groups in total. The maximum absolute atomic E-state index is 10.9. The first kappa shape index (κ1) is 14.3. The molecule has 3 fully saturated rings. The van der Waals surface area contributed by atoms with Crippen molar-refractivity contribution in [2.45, 2.75) is 76.9 Å². The zero-order chi connectivity index (χ0) is 14.8. The van der Waals surface area contributed by atoms with Gasteiger partial charge in [0.05, 0.1) is 11.7 Å². The van der Waals surface area contributed by atoms with Gasteiger partial charge in [0.15, 0.2) is 0 Å². The minimum atomic E-state index is -0.463. The Kier molecular flexibility index (Phi) is 3.11. The Labute approximate surface area is 128 Å². The van der Waals surface area contributed by atoms with E-state index in [9.17, 15) is 10.2 Å². The van der Waals surface area contributed by atoms with Crippen molar-refractivity contribution in [2.75, 3.05) is 0 Å². The van der Waals surface area contributed by atoms with Gasteiger partial charge in [-0.05, 0) is 87.4 Å². The van der Waals surface area contributed by atoms with Crippen LogP contribution in [-0.2, 0) is 0 Å². The Morgan fingerprint density at radius 1 is 1.05 bits per heavy atom. The van der Waals surface area contributed by atoms with Gasteiger partial charge >= 0.3 is 0 Å². The van der Waals surface area contributed by atoms with Crippen molar-refractivity contribution in [1.82, 2.24) is 0 Å². The summed E-state index contributed by atoms with van der Waals surface area (Å²) >= 11 is 0. The van der Waals surface area contributed by atoms with Crippen LogP contribution in [0, 0.1) is 29.1 Å². The van der Waals surface area contributed by atoms with Crippen molar-refractivity contribution >= 4 is 0 Å². The highest BCUT2D eigenvalue weighted by atomic mass is 16.3. The SMILES string of the molecule is C[C@@]1(O)CC[C@@H]2[C@H]3CC=C4C[C@H](O)CC[C@H]4[C@@H]3CC[C@]21C. The number of fused-ring (bicyclic) bond motifs is 5. The summed E-state index contributed by atoms with van der Waals surface area (Å²) in [5, 5.41) is 20.8. The Hall–Kier alpha value is -0.340. The molecule has 7 atom stereocenters. The van der Waals surface area contributed by atoms with Crippen LogP contribution in [0.1, 0.15) is 65.2 Å². The summed E-state index contributed by atoms with van der Waals surface area (Å²) in [7, 11) is 0. The van der Waals surface area contributed by atoms with E-state index in [4.69, 9.17) is 0 Å². The molecule has 3 saturated carbocycles. The van der Waals surface area contributed by atoms with Gasteiger partial charge in [-0.25, -0.2) is 0 Å². The Morgan fingerprint density at radius 3 is 2.67 bits per heavy atom. The lowest BCUT2D eigenvalue weighted by Crippen LogP contribution is -2.51. The Morgan fingerprint density at radius 2 is 1.86 bits per heavy atom. The fourth-order valence-electron chi connectivity index (χ4n) is 6.49. The molecule has 4 aliphatic carbocycles. The van der Waals surface area contributed by atoms with E-state index in [0.29, 0.717) is 5.92 Å². The monoisotopic (exact) mass is 290 g/mol. The minimum Gasteiger partial charge on any atom is -0.393 e. The number of aliphatic hydroxyl groups excluding tert-OH is 1. The molecule has 0 aromatic heterocycles. The highest BCUT2D eigenvalue weighted by Gasteiger charge is 2.60. The summed E-state index contributed by atoms with van der Waals surface area (Å²) in [6.07, 6.45) is 11.3. The fraction of sp³-hybridized carbons (Fsp3) is 0.895. The summed E-state index contributed by atoms with van der Waals surface area (Å²) in [4.78, 5) is 0. The molecule has 0 bridgehead atoms. The van der Waals surface area contributed by atoms with Crippen LogP contribution in [0.4, 0.5) is 0 Å². The van der Waals surface area contributed by atoms with Crippen LogP contribution in [0.5, 0.6) is 0 Å². The van der Waals surface area contributed by atoms with Crippen LogP contribution < -0.4 is 0 Å². The van der Waals surface area contributed by atoms with E-state index in [2.05, 4.69) is 19.9 Å². The lowest BCUT2D eigenvalue weighted by molar-refractivity contribution is -0.104. The van der Waals surface area contributed by atoms with Crippen molar-refractivity contribution in [2.24, 2.45) is 29.1 Å². The first-order valence-corrected chi connectivity index (χ1v) is 9.02. The zero-order valence-electron chi connectivity index (χ0n) is 13.5. The maximum Gasteiger partial charge on any atom is 0.0675 e. The summed E-state index contributed by atoms with van der Waals surface area (Å²) in [5.41, 5.74) is 1.23. The third-order valence-corrected chi connectivity index (χ3v) is 7.98. The summed E-state index contributed by atoms with van der Waals surface area (Å²) < 4.78 is 0. The lowest BCUT2D eigenvalue weighted by Gasteiger charge is -2.54. The summed E-state index contributed by atoms with van der Waals surface area (Å²) in [6.45, 7) is 4.43. The van der Waals surface area contributed by atoms with Gasteiger partial charge in [-0.2, -0.15) is 0 Å². The highest BCUT2D eigenvalue weighted by molar-refractivity contribution is 5.21. The van der Waals surface area contributed by atoms with Crippen LogP contribution in [0.15, 0.2) is 11.6 Å². The molecule has 2 heteroatoms. The van der Waals surface area contributed by atoms with Crippen LogP contribution >= 0.6 is 0 Å². The van der Waals surface area contributed by atoms with Crippen LogP contribution in [-0.4, -0.2) is 21.9 Å². The van der Waals surface area contributed by atoms with Crippen molar-refractivity contribution in [1.29, 1.82) is 0 Å². The summed E-state index contributed by atoms with van der Waals surface area (Å²) in [5.74, 6) is 3.05. The Balaban J connectivity index is 1.63. The molecule has 0 unspecified atom stereocenters. The van der Waals surface area contributed by atoms with Gasteiger partial charge in [0.25, 0.3) is 0 Å². The smallest absolute Gasteiger partial charge is 0.0675 e. The van der Waals surface area contributed by atoms with Gasteiger partial charge in [0.1, 0.15) is 0 Å². The first-order valence-electron chi connectivity index (χ1n) is 9.02. The van der Waals surface area contributed by atoms with E-state index in [1.165, 1.54) is 32.1 Å². The molecular formula is C19H30O2. The average molecular weight is 290 g/mol. The van der Waals surface area contributed by atoms with E-state index in [-0.39, 0.29) is 11.5 Å². The third-order valence-electron chi connectivity index (χ3n) is 7.98. The predicted octanol–water partition coefficient (Wildman–Crippen LogP) is 3.67. The molecule has 4 aliphatic rings. The molecule has 118 valence electrons. The lowest BCUT2D eigenvalue weighted by atomic mass is 9.51. The van der Waals surface area contributed by atoms with Gasteiger partial charge < -0.3 is 10.2 Å². The van der Waals surface area contributed by atoms with E-state index in [0.717, 1.165) is 37.0 Å². The molecule has 21 heavy (non-hydrogen) atoms. The molecule has 0 saturated heterocycles. The van der Waals surface area contributed by atoms with Crippen LogP contribution in [0.3, 0.4) is 0 Å². The number of hydrogen-bond donors (Lipinski definition) is 2. The first-order chi connectivity index (χ1) is 9.92.